The molecule has 2 N–H and O–H groups in total. The van der Waals surface area contributed by atoms with Gasteiger partial charge < -0.3 is 10.6 Å². The van der Waals surface area contributed by atoms with Gasteiger partial charge in [-0.1, -0.05) is 33.6 Å². The van der Waals surface area contributed by atoms with E-state index in [4.69, 9.17) is 11.6 Å². The van der Waals surface area contributed by atoms with Crippen molar-refractivity contribution in [3.63, 3.8) is 0 Å². The van der Waals surface area contributed by atoms with Crippen molar-refractivity contribution in [1.82, 2.24) is 0 Å². The van der Waals surface area contributed by atoms with Gasteiger partial charge in [0.1, 0.15) is 5.82 Å². The molecule has 0 atom stereocenters. The van der Waals surface area contributed by atoms with Crippen molar-refractivity contribution in [2.24, 2.45) is 0 Å². The third-order valence-corrected chi connectivity index (χ3v) is 3.28. The van der Waals surface area contributed by atoms with Crippen molar-refractivity contribution in [3.05, 3.63) is 57.8 Å². The van der Waals surface area contributed by atoms with Gasteiger partial charge in [0, 0.05) is 10.2 Å². The highest BCUT2D eigenvalue weighted by Gasteiger charge is 2.05. The van der Waals surface area contributed by atoms with E-state index in [0.717, 1.165) is 4.47 Å². The van der Waals surface area contributed by atoms with Crippen LogP contribution in [0.4, 0.5) is 15.8 Å². The first-order valence-electron chi connectivity index (χ1n) is 5.79. The first-order chi connectivity index (χ1) is 9.54. The van der Waals surface area contributed by atoms with Crippen LogP contribution in [0.5, 0.6) is 0 Å². The zero-order valence-electron chi connectivity index (χ0n) is 10.3. The van der Waals surface area contributed by atoms with Crippen LogP contribution in [-0.4, -0.2) is 12.5 Å². The number of hydrogen-bond donors (Lipinski definition) is 2. The summed E-state index contributed by atoms with van der Waals surface area (Å²) in [6, 6.07) is 11.0. The molecular formula is C14H11BrClFN2O. The molecule has 0 aliphatic heterocycles. The highest BCUT2D eigenvalue weighted by atomic mass is 79.9. The molecule has 0 radical (unpaired) electrons. The molecule has 0 bridgehead atoms. The number of rotatable bonds is 4. The standard InChI is InChI=1S/C14H11BrClFN2O/c15-9-4-5-13(12(16)6-9)18-8-14(20)19-11-3-1-2-10(17)7-11/h1-7,18H,8H2,(H,19,20). The number of halogens is 3. The van der Waals surface area contributed by atoms with Crippen LogP contribution in [0.2, 0.25) is 5.02 Å². The summed E-state index contributed by atoms with van der Waals surface area (Å²) in [6.45, 7) is 0.0395. The maximum Gasteiger partial charge on any atom is 0.243 e. The number of hydrogen-bond acceptors (Lipinski definition) is 2. The van der Waals surface area contributed by atoms with Crippen LogP contribution in [0.15, 0.2) is 46.9 Å². The van der Waals surface area contributed by atoms with Crippen molar-refractivity contribution in [3.8, 4) is 0 Å². The molecule has 0 aliphatic carbocycles. The van der Waals surface area contributed by atoms with Gasteiger partial charge in [0.25, 0.3) is 0 Å². The van der Waals surface area contributed by atoms with E-state index in [-0.39, 0.29) is 12.5 Å². The molecule has 0 heterocycles. The van der Waals surface area contributed by atoms with Gasteiger partial charge in [-0.2, -0.15) is 0 Å². The van der Waals surface area contributed by atoms with Crippen molar-refractivity contribution in [2.45, 2.75) is 0 Å². The number of carbonyl (C=O) groups excluding carboxylic acids is 1. The average Bonchev–Trinajstić information content (AvgIpc) is 2.37. The second-order valence-corrected chi connectivity index (χ2v) is 5.36. The van der Waals surface area contributed by atoms with E-state index in [2.05, 4.69) is 26.6 Å². The monoisotopic (exact) mass is 356 g/mol. The number of carbonyl (C=O) groups is 1. The number of benzene rings is 2. The van der Waals surface area contributed by atoms with E-state index >= 15 is 0 Å². The minimum Gasteiger partial charge on any atom is -0.375 e. The Morgan fingerprint density at radius 3 is 2.75 bits per heavy atom. The van der Waals surface area contributed by atoms with Gasteiger partial charge in [-0.25, -0.2) is 4.39 Å². The molecule has 20 heavy (non-hydrogen) atoms. The molecule has 104 valence electrons. The predicted molar refractivity (Wildman–Crippen MR) is 82.7 cm³/mol. The van der Waals surface area contributed by atoms with Crippen LogP contribution < -0.4 is 10.6 Å². The second kappa shape index (κ2) is 6.72. The average molecular weight is 358 g/mol. The van der Waals surface area contributed by atoms with Crippen LogP contribution in [-0.2, 0) is 4.79 Å². The zero-order chi connectivity index (χ0) is 14.5. The third kappa shape index (κ3) is 4.21. The maximum absolute atomic E-state index is 13.0. The molecule has 3 nitrogen and oxygen atoms in total. The van der Waals surface area contributed by atoms with Crippen molar-refractivity contribution >= 4 is 44.8 Å². The van der Waals surface area contributed by atoms with Gasteiger partial charge >= 0.3 is 0 Å². The van der Waals surface area contributed by atoms with Crippen LogP contribution in [0.25, 0.3) is 0 Å². The third-order valence-electron chi connectivity index (χ3n) is 2.48. The number of amides is 1. The van der Waals surface area contributed by atoms with Crippen molar-refractivity contribution in [1.29, 1.82) is 0 Å². The fourth-order valence-electron chi connectivity index (χ4n) is 1.58. The predicted octanol–water partition coefficient (Wildman–Crippen LogP) is 4.29. The first-order valence-corrected chi connectivity index (χ1v) is 6.96. The molecule has 0 saturated carbocycles. The summed E-state index contributed by atoms with van der Waals surface area (Å²) in [5.74, 6) is -0.679. The van der Waals surface area contributed by atoms with Gasteiger partial charge in [-0.3, -0.25) is 4.79 Å². The minimum absolute atomic E-state index is 0.0395. The molecule has 0 spiro atoms. The molecule has 0 fully saturated rings. The van der Waals surface area contributed by atoms with Gasteiger partial charge in [0.2, 0.25) is 5.91 Å². The number of nitrogens with one attached hydrogen (secondary N) is 2. The quantitative estimate of drug-likeness (QED) is 0.857. The van der Waals surface area contributed by atoms with E-state index < -0.39 is 5.82 Å². The first kappa shape index (κ1) is 14.8. The van der Waals surface area contributed by atoms with Crippen LogP contribution in [0.3, 0.4) is 0 Å². The molecular weight excluding hydrogens is 347 g/mol. The summed E-state index contributed by atoms with van der Waals surface area (Å²) in [4.78, 5) is 11.7. The van der Waals surface area contributed by atoms with E-state index in [1.54, 1.807) is 18.2 Å². The highest BCUT2D eigenvalue weighted by Crippen LogP contribution is 2.25. The van der Waals surface area contributed by atoms with Gasteiger partial charge in [0.05, 0.1) is 17.3 Å². The normalized spacial score (nSPS) is 10.2. The summed E-state index contributed by atoms with van der Waals surface area (Å²) >= 11 is 9.32. The zero-order valence-corrected chi connectivity index (χ0v) is 12.6. The smallest absolute Gasteiger partial charge is 0.243 e. The molecule has 2 aromatic rings. The molecule has 0 unspecified atom stereocenters. The topological polar surface area (TPSA) is 41.1 Å². The Kier molecular flexibility index (Phi) is 4.98. The summed E-state index contributed by atoms with van der Waals surface area (Å²) in [5.41, 5.74) is 1.07. The van der Waals surface area contributed by atoms with Crippen LogP contribution in [0.1, 0.15) is 0 Å². The van der Waals surface area contributed by atoms with Gasteiger partial charge in [-0.05, 0) is 36.4 Å². The van der Waals surface area contributed by atoms with Gasteiger partial charge in [0.15, 0.2) is 0 Å². The Balaban J connectivity index is 1.92. The summed E-state index contributed by atoms with van der Waals surface area (Å²) in [6.07, 6.45) is 0. The highest BCUT2D eigenvalue weighted by molar-refractivity contribution is 9.10. The van der Waals surface area contributed by atoms with E-state index in [1.807, 2.05) is 6.07 Å². The molecule has 0 aromatic heterocycles. The largest absolute Gasteiger partial charge is 0.375 e. The van der Waals surface area contributed by atoms with Crippen molar-refractivity contribution < 1.29 is 9.18 Å². The van der Waals surface area contributed by atoms with E-state index in [9.17, 15) is 9.18 Å². The fourth-order valence-corrected chi connectivity index (χ4v) is 2.32. The Hall–Kier alpha value is -1.59. The molecule has 2 aromatic carbocycles. The number of anilines is 2. The van der Waals surface area contributed by atoms with Gasteiger partial charge in [-0.15, -0.1) is 0 Å². The lowest BCUT2D eigenvalue weighted by Gasteiger charge is -2.09. The Morgan fingerprint density at radius 2 is 2.05 bits per heavy atom. The van der Waals surface area contributed by atoms with Crippen LogP contribution >= 0.6 is 27.5 Å². The molecule has 0 aliphatic rings. The fraction of sp³-hybridized carbons (Fsp3) is 0.0714. The lowest BCUT2D eigenvalue weighted by atomic mass is 10.3. The maximum atomic E-state index is 13.0. The Morgan fingerprint density at radius 1 is 1.25 bits per heavy atom. The molecule has 0 saturated heterocycles. The molecule has 6 heteroatoms. The summed E-state index contributed by atoms with van der Waals surface area (Å²) < 4.78 is 13.8. The van der Waals surface area contributed by atoms with Crippen LogP contribution in [0, 0.1) is 5.82 Å². The Labute approximate surface area is 129 Å². The molecule has 1 amide bonds. The van der Waals surface area contributed by atoms with E-state index in [1.165, 1.54) is 18.2 Å². The summed E-state index contributed by atoms with van der Waals surface area (Å²) in [7, 11) is 0. The molecule has 2 rings (SSSR count). The summed E-state index contributed by atoms with van der Waals surface area (Å²) in [5, 5.41) is 6.02. The lowest BCUT2D eigenvalue weighted by molar-refractivity contribution is -0.114. The lowest BCUT2D eigenvalue weighted by Crippen LogP contribution is -2.21. The SMILES string of the molecule is O=C(CNc1ccc(Br)cc1Cl)Nc1cccc(F)c1. The Bertz CT molecular complexity index is 636. The minimum atomic E-state index is -0.397. The van der Waals surface area contributed by atoms with Crippen molar-refractivity contribution in [2.75, 3.05) is 17.2 Å². The van der Waals surface area contributed by atoms with E-state index in [0.29, 0.717) is 16.4 Å². The second-order valence-electron chi connectivity index (χ2n) is 4.04.